The number of nitrogens with one attached hydrogen (secondary N) is 2. The number of hydrogen-bond acceptors (Lipinski definition) is 5. The fraction of sp³-hybridized carbons (Fsp3) is 0.333. The number of amides is 2. The first-order valence-electron chi connectivity index (χ1n) is 6.04. The second-order valence-electron chi connectivity index (χ2n) is 4.06. The minimum atomic E-state index is -0.662. The average molecular weight is 280 g/mol. The Hall–Kier alpha value is -2.64. The van der Waals surface area contributed by atoms with Gasteiger partial charge in [-0.25, -0.2) is 0 Å². The second kappa shape index (κ2) is 7.07. The fourth-order valence-corrected chi connectivity index (χ4v) is 1.51. The predicted octanol–water partition coefficient (Wildman–Crippen LogP) is 0.632. The van der Waals surface area contributed by atoms with Gasteiger partial charge in [0.2, 0.25) is 5.91 Å². The molecule has 0 radical (unpaired) electrons. The van der Waals surface area contributed by atoms with Crippen molar-refractivity contribution in [2.45, 2.75) is 13.3 Å². The number of nitro groups is 1. The second-order valence-corrected chi connectivity index (χ2v) is 4.06. The molecule has 0 fully saturated rings. The van der Waals surface area contributed by atoms with Gasteiger partial charge in [0.15, 0.2) is 0 Å². The topological polar surface area (TPSA) is 127 Å². The van der Waals surface area contributed by atoms with Gasteiger partial charge in [0.1, 0.15) is 5.69 Å². The molecule has 4 N–H and O–H groups in total. The third kappa shape index (κ3) is 4.23. The maximum atomic E-state index is 11.7. The van der Waals surface area contributed by atoms with Crippen molar-refractivity contribution in [2.75, 3.05) is 18.4 Å². The number of nitrogens with zero attached hydrogens (tertiary/aromatic N) is 1. The highest BCUT2D eigenvalue weighted by Crippen LogP contribution is 2.25. The number of primary amides is 1. The fourth-order valence-electron chi connectivity index (χ4n) is 1.51. The van der Waals surface area contributed by atoms with Gasteiger partial charge in [-0.2, -0.15) is 0 Å². The lowest BCUT2D eigenvalue weighted by molar-refractivity contribution is -0.384. The molecule has 0 saturated heterocycles. The zero-order valence-electron chi connectivity index (χ0n) is 11.0. The van der Waals surface area contributed by atoms with Crippen molar-refractivity contribution in [2.24, 2.45) is 5.73 Å². The van der Waals surface area contributed by atoms with Crippen LogP contribution in [0.4, 0.5) is 11.4 Å². The Morgan fingerprint density at radius 2 is 2.10 bits per heavy atom. The molecule has 0 unspecified atom stereocenters. The van der Waals surface area contributed by atoms with Crippen LogP contribution < -0.4 is 16.4 Å². The van der Waals surface area contributed by atoms with E-state index in [1.54, 1.807) is 0 Å². The van der Waals surface area contributed by atoms with Crippen molar-refractivity contribution in [3.8, 4) is 0 Å². The first kappa shape index (κ1) is 15.4. The highest BCUT2D eigenvalue weighted by atomic mass is 16.6. The quantitative estimate of drug-likeness (QED) is 0.498. The molecule has 1 rings (SSSR count). The van der Waals surface area contributed by atoms with E-state index >= 15 is 0 Å². The van der Waals surface area contributed by atoms with Crippen molar-refractivity contribution in [1.29, 1.82) is 0 Å². The summed E-state index contributed by atoms with van der Waals surface area (Å²) < 4.78 is 0. The summed E-state index contributed by atoms with van der Waals surface area (Å²) >= 11 is 0. The van der Waals surface area contributed by atoms with E-state index in [0.29, 0.717) is 6.54 Å². The predicted molar refractivity (Wildman–Crippen MR) is 73.4 cm³/mol. The van der Waals surface area contributed by atoms with Gasteiger partial charge in [0.25, 0.3) is 11.6 Å². The van der Waals surface area contributed by atoms with Crippen LogP contribution in [0.2, 0.25) is 0 Å². The monoisotopic (exact) mass is 280 g/mol. The minimum absolute atomic E-state index is 0.107. The van der Waals surface area contributed by atoms with Crippen LogP contribution in [0.1, 0.15) is 23.7 Å². The molecule has 0 heterocycles. The minimum Gasteiger partial charge on any atom is -0.379 e. The van der Waals surface area contributed by atoms with Crippen LogP contribution in [-0.4, -0.2) is 29.8 Å². The Kier molecular flexibility index (Phi) is 5.45. The molecule has 108 valence electrons. The lowest BCUT2D eigenvalue weighted by Crippen LogP contribution is -2.33. The van der Waals surface area contributed by atoms with Crippen molar-refractivity contribution < 1.29 is 14.5 Å². The summed E-state index contributed by atoms with van der Waals surface area (Å²) in [5.74, 6) is -1.18. The molecule has 0 saturated carbocycles. The van der Waals surface area contributed by atoms with Crippen molar-refractivity contribution in [3.63, 3.8) is 0 Å². The van der Waals surface area contributed by atoms with Crippen LogP contribution >= 0.6 is 0 Å². The van der Waals surface area contributed by atoms with Gasteiger partial charge >= 0.3 is 0 Å². The van der Waals surface area contributed by atoms with E-state index in [1.165, 1.54) is 18.2 Å². The van der Waals surface area contributed by atoms with Crippen LogP contribution in [0.5, 0.6) is 0 Å². The third-order valence-corrected chi connectivity index (χ3v) is 2.44. The van der Waals surface area contributed by atoms with Crippen LogP contribution in [0, 0.1) is 10.1 Å². The van der Waals surface area contributed by atoms with Gasteiger partial charge in [-0.15, -0.1) is 0 Å². The summed E-state index contributed by atoms with van der Waals surface area (Å²) in [5, 5.41) is 16.1. The summed E-state index contributed by atoms with van der Waals surface area (Å²) in [7, 11) is 0. The Balaban J connectivity index is 2.96. The summed E-state index contributed by atoms with van der Waals surface area (Å²) in [6.45, 7) is 2.18. The van der Waals surface area contributed by atoms with Gasteiger partial charge in [0, 0.05) is 18.2 Å². The van der Waals surface area contributed by atoms with E-state index in [2.05, 4.69) is 10.6 Å². The molecule has 0 aliphatic carbocycles. The van der Waals surface area contributed by atoms with Crippen LogP contribution in [0.25, 0.3) is 0 Å². The normalized spacial score (nSPS) is 9.85. The number of nitrogens with two attached hydrogens (primary N) is 1. The molecular weight excluding hydrogens is 264 g/mol. The molecule has 1 aromatic rings. The molecule has 0 spiro atoms. The van der Waals surface area contributed by atoms with E-state index in [1.807, 2.05) is 6.92 Å². The summed E-state index contributed by atoms with van der Waals surface area (Å²) in [6, 6.07) is 3.95. The van der Waals surface area contributed by atoms with Gasteiger partial charge in [-0.1, -0.05) is 6.92 Å². The van der Waals surface area contributed by atoms with Gasteiger partial charge in [-0.05, 0) is 18.6 Å². The lowest BCUT2D eigenvalue weighted by atomic mass is 10.1. The molecule has 1 aromatic carbocycles. The molecule has 0 aromatic heterocycles. The average Bonchev–Trinajstić information content (AvgIpc) is 2.41. The molecule has 20 heavy (non-hydrogen) atoms. The van der Waals surface area contributed by atoms with E-state index < -0.39 is 16.7 Å². The van der Waals surface area contributed by atoms with E-state index in [0.717, 1.165) is 6.42 Å². The van der Waals surface area contributed by atoms with E-state index in [4.69, 9.17) is 5.73 Å². The lowest BCUT2D eigenvalue weighted by Gasteiger charge is -2.08. The van der Waals surface area contributed by atoms with Gasteiger partial charge in [-0.3, -0.25) is 19.7 Å². The number of anilines is 1. The molecule has 0 bridgehead atoms. The van der Waals surface area contributed by atoms with Crippen molar-refractivity contribution in [1.82, 2.24) is 5.32 Å². The van der Waals surface area contributed by atoms with E-state index in [9.17, 15) is 19.7 Å². The molecule has 2 amide bonds. The molecular formula is C12H16N4O4. The van der Waals surface area contributed by atoms with Gasteiger partial charge < -0.3 is 16.4 Å². The summed E-state index contributed by atoms with van der Waals surface area (Å²) in [4.78, 5) is 32.7. The Labute approximate surface area is 115 Å². The first-order valence-corrected chi connectivity index (χ1v) is 6.04. The SMILES string of the molecule is CCCNc1cc(C(=O)NCC(N)=O)ccc1[N+](=O)[O-]. The van der Waals surface area contributed by atoms with Crippen LogP contribution in [0.3, 0.4) is 0 Å². The molecule has 0 aliphatic rings. The van der Waals surface area contributed by atoms with E-state index in [-0.39, 0.29) is 23.5 Å². The molecule has 8 heteroatoms. The Bertz CT molecular complexity index is 530. The highest BCUT2D eigenvalue weighted by Gasteiger charge is 2.16. The molecule has 0 aliphatic heterocycles. The number of rotatable bonds is 7. The smallest absolute Gasteiger partial charge is 0.292 e. The standard InChI is InChI=1S/C12H16N4O4/c1-2-5-14-9-6-8(3-4-10(9)16(19)20)12(18)15-7-11(13)17/h3-4,6,14H,2,5,7H2,1H3,(H2,13,17)(H,15,18). The zero-order valence-corrected chi connectivity index (χ0v) is 11.0. The maximum Gasteiger partial charge on any atom is 0.292 e. The number of carbonyl (C=O) groups excluding carboxylic acids is 2. The number of nitro benzene ring substituents is 1. The number of benzene rings is 1. The Morgan fingerprint density at radius 3 is 2.65 bits per heavy atom. The van der Waals surface area contributed by atoms with Crippen LogP contribution in [-0.2, 0) is 4.79 Å². The van der Waals surface area contributed by atoms with Gasteiger partial charge in [0.05, 0.1) is 11.5 Å². The first-order chi connectivity index (χ1) is 9.45. The number of carbonyl (C=O) groups is 2. The van der Waals surface area contributed by atoms with Crippen LogP contribution in [0.15, 0.2) is 18.2 Å². The highest BCUT2D eigenvalue weighted by molar-refractivity contribution is 5.97. The maximum absolute atomic E-state index is 11.7. The summed E-state index contributed by atoms with van der Waals surface area (Å²) in [5.41, 5.74) is 5.30. The number of hydrogen-bond donors (Lipinski definition) is 3. The summed E-state index contributed by atoms with van der Waals surface area (Å²) in [6.07, 6.45) is 0.787. The molecule has 0 atom stereocenters. The molecule has 8 nitrogen and oxygen atoms in total. The largest absolute Gasteiger partial charge is 0.379 e. The zero-order chi connectivity index (χ0) is 15.1. The van der Waals surface area contributed by atoms with Crippen molar-refractivity contribution >= 4 is 23.2 Å². The third-order valence-electron chi connectivity index (χ3n) is 2.44. The van der Waals surface area contributed by atoms with Crippen molar-refractivity contribution in [3.05, 3.63) is 33.9 Å². The Morgan fingerprint density at radius 1 is 1.40 bits per heavy atom.